The maximum Gasteiger partial charge on any atom is 0.313 e. The summed E-state index contributed by atoms with van der Waals surface area (Å²) in [6.45, 7) is 3.14. The van der Waals surface area contributed by atoms with Gasteiger partial charge >= 0.3 is 5.97 Å². The zero-order chi connectivity index (χ0) is 20.3. The van der Waals surface area contributed by atoms with Gasteiger partial charge in [-0.2, -0.15) is 0 Å². The van der Waals surface area contributed by atoms with E-state index in [1.165, 1.54) is 13.8 Å². The van der Waals surface area contributed by atoms with Crippen LogP contribution in [0.4, 0.5) is 5.69 Å². The van der Waals surface area contributed by atoms with E-state index in [1.54, 1.807) is 42.5 Å². The van der Waals surface area contributed by atoms with Crippen LogP contribution in [0, 0.1) is 5.92 Å². The number of amides is 1. The molecule has 146 valence electrons. The molecule has 0 unspecified atom stereocenters. The molecule has 0 spiro atoms. The van der Waals surface area contributed by atoms with Crippen molar-refractivity contribution in [2.45, 2.75) is 26.4 Å². The number of hydrogen-bond donors (Lipinski definition) is 1. The van der Waals surface area contributed by atoms with Crippen molar-refractivity contribution < 1.29 is 23.9 Å². The van der Waals surface area contributed by atoms with E-state index in [0.717, 1.165) is 5.56 Å². The van der Waals surface area contributed by atoms with E-state index in [9.17, 15) is 14.4 Å². The summed E-state index contributed by atoms with van der Waals surface area (Å²) in [6, 6.07) is 11.7. The van der Waals surface area contributed by atoms with Crippen molar-refractivity contribution in [2.75, 3.05) is 11.9 Å². The molecule has 0 saturated carbocycles. The average Bonchev–Trinajstić information content (AvgIpc) is 2.66. The minimum Gasteiger partial charge on any atom is -0.492 e. The van der Waals surface area contributed by atoms with Gasteiger partial charge in [-0.15, -0.1) is 0 Å². The number of hydrogen-bond acceptors (Lipinski definition) is 5. The lowest BCUT2D eigenvalue weighted by Crippen LogP contribution is -2.34. The largest absolute Gasteiger partial charge is 0.492 e. The summed E-state index contributed by atoms with van der Waals surface area (Å²) in [6.07, 6.45) is -0.485. The maximum atomic E-state index is 12.5. The second-order valence-electron chi connectivity index (χ2n) is 6.67. The quantitative estimate of drug-likeness (QED) is 0.610. The zero-order valence-electron chi connectivity index (χ0n) is 15.5. The third kappa shape index (κ3) is 4.70. The summed E-state index contributed by atoms with van der Waals surface area (Å²) in [4.78, 5) is 36.1. The third-order valence-electron chi connectivity index (χ3n) is 4.41. The Hall–Kier alpha value is -2.86. The number of halogens is 1. The van der Waals surface area contributed by atoms with E-state index < -0.39 is 18.0 Å². The first-order valence-corrected chi connectivity index (χ1v) is 9.25. The fraction of sp³-hybridized carbons (Fsp3) is 0.286. The summed E-state index contributed by atoms with van der Waals surface area (Å²) >= 11 is 6.00. The lowest BCUT2D eigenvalue weighted by Gasteiger charge is -2.25. The minimum atomic E-state index is -0.931. The first kappa shape index (κ1) is 19.9. The number of Topliss-reactive ketones (excluding diaryl/α,β-unsaturated/α-hetero) is 1. The average molecular weight is 402 g/mol. The molecule has 0 aliphatic carbocycles. The van der Waals surface area contributed by atoms with Gasteiger partial charge in [0.1, 0.15) is 12.4 Å². The van der Waals surface area contributed by atoms with E-state index in [-0.39, 0.29) is 18.3 Å². The van der Waals surface area contributed by atoms with Gasteiger partial charge in [0.15, 0.2) is 6.10 Å². The predicted octanol–water partition coefficient (Wildman–Crippen LogP) is 3.66. The normalized spacial score (nSPS) is 16.3. The number of anilines is 1. The highest BCUT2D eigenvalue weighted by molar-refractivity contribution is 6.30. The number of nitrogens with one attached hydrogen (secondary N) is 1. The number of ketones is 1. The number of esters is 1. The van der Waals surface area contributed by atoms with Gasteiger partial charge in [0.25, 0.3) is 0 Å². The van der Waals surface area contributed by atoms with Crippen molar-refractivity contribution in [3.8, 4) is 5.75 Å². The SMILES string of the molecule is CC(=O)Nc1ccc(C(=O)[C@H](C)OC(=O)[C@H]2COc3ccc(Cl)cc3C2)cc1. The molecule has 0 fully saturated rings. The lowest BCUT2D eigenvalue weighted by atomic mass is 9.97. The van der Waals surface area contributed by atoms with Crippen molar-refractivity contribution in [3.05, 3.63) is 58.6 Å². The van der Waals surface area contributed by atoms with Gasteiger partial charge in [0.2, 0.25) is 11.7 Å². The number of benzene rings is 2. The molecular weight excluding hydrogens is 382 g/mol. The fourth-order valence-corrected chi connectivity index (χ4v) is 3.19. The molecule has 3 rings (SSSR count). The number of carbonyl (C=O) groups excluding carboxylic acids is 3. The molecule has 1 N–H and O–H groups in total. The second kappa shape index (κ2) is 8.44. The Bertz CT molecular complexity index is 910. The van der Waals surface area contributed by atoms with E-state index in [4.69, 9.17) is 21.1 Å². The van der Waals surface area contributed by atoms with Crippen LogP contribution < -0.4 is 10.1 Å². The van der Waals surface area contributed by atoms with E-state index in [2.05, 4.69) is 5.32 Å². The summed E-state index contributed by atoms with van der Waals surface area (Å²) in [5.41, 5.74) is 1.82. The van der Waals surface area contributed by atoms with Crippen LogP contribution in [0.15, 0.2) is 42.5 Å². The highest BCUT2D eigenvalue weighted by Crippen LogP contribution is 2.30. The van der Waals surface area contributed by atoms with E-state index in [0.29, 0.717) is 28.4 Å². The minimum absolute atomic E-state index is 0.194. The summed E-state index contributed by atoms with van der Waals surface area (Å²) in [7, 11) is 0. The first-order chi connectivity index (χ1) is 13.3. The Morgan fingerprint density at radius 2 is 1.89 bits per heavy atom. The summed E-state index contributed by atoms with van der Waals surface area (Å²) in [5.74, 6) is -0.789. The van der Waals surface area contributed by atoms with Crippen molar-refractivity contribution in [3.63, 3.8) is 0 Å². The topological polar surface area (TPSA) is 81.7 Å². The molecule has 0 bridgehead atoms. The van der Waals surface area contributed by atoms with Crippen molar-refractivity contribution in [1.29, 1.82) is 0 Å². The molecular formula is C21H20ClNO5. The molecule has 1 aliphatic heterocycles. The van der Waals surface area contributed by atoms with Gasteiger partial charge in [0.05, 0.1) is 5.92 Å². The maximum absolute atomic E-state index is 12.5. The molecule has 0 saturated heterocycles. The predicted molar refractivity (Wildman–Crippen MR) is 105 cm³/mol. The van der Waals surface area contributed by atoms with Gasteiger partial charge in [0, 0.05) is 23.2 Å². The Kier molecular flexibility index (Phi) is 5.99. The Morgan fingerprint density at radius 1 is 1.18 bits per heavy atom. The van der Waals surface area contributed by atoms with Crippen molar-refractivity contribution in [1.82, 2.24) is 0 Å². The molecule has 0 radical (unpaired) electrons. The van der Waals surface area contributed by atoms with Gasteiger partial charge in [-0.25, -0.2) is 0 Å². The van der Waals surface area contributed by atoms with Crippen LogP contribution in [0.2, 0.25) is 5.02 Å². The van der Waals surface area contributed by atoms with Gasteiger partial charge in [-0.1, -0.05) is 11.6 Å². The van der Waals surface area contributed by atoms with Crippen LogP contribution in [-0.2, 0) is 20.7 Å². The summed E-state index contributed by atoms with van der Waals surface area (Å²) < 4.78 is 11.0. The van der Waals surface area contributed by atoms with Crippen LogP contribution in [0.25, 0.3) is 0 Å². The Labute approximate surface area is 167 Å². The monoisotopic (exact) mass is 401 g/mol. The van der Waals surface area contributed by atoms with Crippen LogP contribution in [-0.4, -0.2) is 30.4 Å². The zero-order valence-corrected chi connectivity index (χ0v) is 16.3. The van der Waals surface area contributed by atoms with Gasteiger partial charge < -0.3 is 14.8 Å². The van der Waals surface area contributed by atoms with Crippen LogP contribution in [0.3, 0.4) is 0 Å². The fourth-order valence-electron chi connectivity index (χ4n) is 2.99. The number of ether oxygens (including phenoxy) is 2. The Balaban J connectivity index is 1.61. The molecule has 1 amide bonds. The van der Waals surface area contributed by atoms with Crippen molar-refractivity contribution >= 4 is 34.9 Å². The number of carbonyl (C=O) groups is 3. The molecule has 2 aromatic carbocycles. The third-order valence-corrected chi connectivity index (χ3v) is 4.65. The lowest BCUT2D eigenvalue weighted by molar-refractivity contribution is -0.152. The summed E-state index contributed by atoms with van der Waals surface area (Å²) in [5, 5.41) is 3.20. The highest BCUT2D eigenvalue weighted by Gasteiger charge is 2.30. The van der Waals surface area contributed by atoms with Gasteiger partial charge in [-0.3, -0.25) is 14.4 Å². The van der Waals surface area contributed by atoms with E-state index in [1.807, 2.05) is 0 Å². The van der Waals surface area contributed by atoms with Crippen LogP contribution >= 0.6 is 11.6 Å². The molecule has 1 heterocycles. The van der Waals surface area contributed by atoms with Crippen LogP contribution in [0.5, 0.6) is 5.75 Å². The number of fused-ring (bicyclic) bond motifs is 1. The molecule has 7 heteroatoms. The number of rotatable bonds is 5. The molecule has 2 aromatic rings. The van der Waals surface area contributed by atoms with E-state index >= 15 is 0 Å². The first-order valence-electron chi connectivity index (χ1n) is 8.87. The smallest absolute Gasteiger partial charge is 0.313 e. The molecule has 28 heavy (non-hydrogen) atoms. The highest BCUT2D eigenvalue weighted by atomic mass is 35.5. The van der Waals surface area contributed by atoms with Crippen LogP contribution in [0.1, 0.15) is 29.8 Å². The van der Waals surface area contributed by atoms with Gasteiger partial charge in [-0.05, 0) is 61.4 Å². The molecule has 2 atom stereocenters. The molecule has 0 aromatic heterocycles. The Morgan fingerprint density at radius 3 is 2.57 bits per heavy atom. The molecule has 6 nitrogen and oxygen atoms in total. The second-order valence-corrected chi connectivity index (χ2v) is 7.10. The molecule has 1 aliphatic rings. The standard InChI is InChI=1S/C21H20ClNO5/c1-12(20(25)14-3-6-18(7-4-14)23-13(2)24)28-21(26)16-9-15-10-17(22)5-8-19(15)27-11-16/h3-8,10,12,16H,9,11H2,1-2H3,(H,23,24)/t12-,16+/m0/s1. The van der Waals surface area contributed by atoms with Crippen molar-refractivity contribution in [2.24, 2.45) is 5.92 Å².